The minimum absolute atomic E-state index is 0.0856. The largest absolute Gasteiger partial charge is 0.354 e. The standard InChI is InChI=1S/C29H33ClN2O2/c1-4-13-31-29(34)27(18-23-9-6-5-7-10-23)32(20-24-11-8-12-26(30)17-24)28(33)19-25-15-21(2)14-22(3)16-25/h5-12,14-17,27H,4,13,18-20H2,1-3H3,(H,31,34)/t27-/m1/s1. The van der Waals surface area contributed by atoms with Crippen LogP contribution in [0.25, 0.3) is 0 Å². The molecule has 0 aliphatic carbocycles. The predicted octanol–water partition coefficient (Wildman–Crippen LogP) is 5.67. The lowest BCUT2D eigenvalue weighted by Gasteiger charge is -2.32. The van der Waals surface area contributed by atoms with Gasteiger partial charge in [0, 0.05) is 24.5 Å². The van der Waals surface area contributed by atoms with E-state index in [-0.39, 0.29) is 18.2 Å². The number of halogens is 1. The number of nitrogens with zero attached hydrogens (tertiary/aromatic N) is 1. The molecule has 0 heterocycles. The summed E-state index contributed by atoms with van der Waals surface area (Å²) >= 11 is 6.23. The molecule has 1 atom stereocenters. The molecule has 5 heteroatoms. The maximum absolute atomic E-state index is 13.7. The zero-order valence-corrected chi connectivity index (χ0v) is 20.9. The average molecular weight is 477 g/mol. The summed E-state index contributed by atoms with van der Waals surface area (Å²) in [6.07, 6.45) is 1.50. The summed E-state index contributed by atoms with van der Waals surface area (Å²) in [7, 11) is 0. The van der Waals surface area contributed by atoms with Crippen LogP contribution in [0.15, 0.2) is 72.8 Å². The van der Waals surface area contributed by atoms with Crippen LogP contribution in [-0.4, -0.2) is 29.3 Å². The van der Waals surface area contributed by atoms with Crippen LogP contribution in [-0.2, 0) is 29.0 Å². The predicted molar refractivity (Wildman–Crippen MR) is 139 cm³/mol. The van der Waals surface area contributed by atoms with Crippen molar-refractivity contribution in [2.45, 2.75) is 52.6 Å². The molecule has 3 aromatic rings. The molecular formula is C29H33ClN2O2. The second kappa shape index (κ2) is 12.4. The molecule has 0 spiro atoms. The van der Waals surface area contributed by atoms with Crippen molar-refractivity contribution in [2.24, 2.45) is 0 Å². The Morgan fingerprint density at radius 2 is 1.56 bits per heavy atom. The van der Waals surface area contributed by atoms with Crippen LogP contribution >= 0.6 is 11.6 Å². The minimum Gasteiger partial charge on any atom is -0.354 e. The molecule has 1 N–H and O–H groups in total. The highest BCUT2D eigenvalue weighted by Crippen LogP contribution is 2.19. The van der Waals surface area contributed by atoms with Gasteiger partial charge in [-0.1, -0.05) is 90.3 Å². The Morgan fingerprint density at radius 1 is 0.882 bits per heavy atom. The average Bonchev–Trinajstić information content (AvgIpc) is 2.79. The van der Waals surface area contributed by atoms with Crippen molar-refractivity contribution in [3.05, 3.63) is 106 Å². The van der Waals surface area contributed by atoms with Crippen molar-refractivity contribution >= 4 is 23.4 Å². The number of aryl methyl sites for hydroxylation is 2. The molecule has 0 radical (unpaired) electrons. The second-order valence-corrected chi connectivity index (χ2v) is 9.26. The number of nitrogens with one attached hydrogen (secondary N) is 1. The molecule has 0 aromatic heterocycles. The summed E-state index contributed by atoms with van der Waals surface area (Å²) in [5.41, 5.74) is 5.08. The monoisotopic (exact) mass is 476 g/mol. The molecule has 3 rings (SSSR count). The van der Waals surface area contributed by atoms with Gasteiger partial charge in [-0.25, -0.2) is 0 Å². The van der Waals surface area contributed by atoms with Gasteiger partial charge in [0.2, 0.25) is 11.8 Å². The van der Waals surface area contributed by atoms with Crippen molar-refractivity contribution in [2.75, 3.05) is 6.54 Å². The highest BCUT2D eigenvalue weighted by atomic mass is 35.5. The van der Waals surface area contributed by atoms with E-state index in [0.29, 0.717) is 24.5 Å². The van der Waals surface area contributed by atoms with E-state index in [9.17, 15) is 9.59 Å². The van der Waals surface area contributed by atoms with E-state index in [1.165, 1.54) is 0 Å². The van der Waals surface area contributed by atoms with Crippen molar-refractivity contribution in [3.63, 3.8) is 0 Å². The van der Waals surface area contributed by atoms with Crippen LogP contribution in [0.3, 0.4) is 0 Å². The summed E-state index contributed by atoms with van der Waals surface area (Å²) in [4.78, 5) is 28.8. The van der Waals surface area contributed by atoms with Gasteiger partial charge < -0.3 is 10.2 Å². The van der Waals surface area contributed by atoms with Gasteiger partial charge in [0.1, 0.15) is 6.04 Å². The van der Waals surface area contributed by atoms with Crippen LogP contribution in [0.4, 0.5) is 0 Å². The molecule has 178 valence electrons. The zero-order valence-electron chi connectivity index (χ0n) is 20.2. The number of carbonyl (C=O) groups excluding carboxylic acids is 2. The topological polar surface area (TPSA) is 49.4 Å². The molecule has 0 unspecified atom stereocenters. The van der Waals surface area contributed by atoms with Crippen molar-refractivity contribution in [1.82, 2.24) is 10.2 Å². The summed E-state index contributed by atoms with van der Waals surface area (Å²) < 4.78 is 0. The SMILES string of the molecule is CCCNC(=O)[C@@H](Cc1ccccc1)N(Cc1cccc(Cl)c1)C(=O)Cc1cc(C)cc(C)c1. The van der Waals surface area contributed by atoms with Crippen molar-refractivity contribution in [3.8, 4) is 0 Å². The molecule has 0 aliphatic heterocycles. The number of carbonyl (C=O) groups is 2. The number of hydrogen-bond acceptors (Lipinski definition) is 2. The van der Waals surface area contributed by atoms with Crippen LogP contribution in [0, 0.1) is 13.8 Å². The Balaban J connectivity index is 1.97. The Labute approximate surface area is 207 Å². The summed E-state index contributed by atoms with van der Waals surface area (Å²) in [5, 5.41) is 3.61. The Morgan fingerprint density at radius 3 is 2.21 bits per heavy atom. The first kappa shape index (κ1) is 25.5. The fourth-order valence-corrected chi connectivity index (χ4v) is 4.41. The van der Waals surface area contributed by atoms with Gasteiger partial charge in [-0.05, 0) is 49.1 Å². The lowest BCUT2D eigenvalue weighted by Crippen LogP contribution is -2.51. The van der Waals surface area contributed by atoms with E-state index in [0.717, 1.165) is 34.2 Å². The van der Waals surface area contributed by atoms with E-state index in [2.05, 4.69) is 11.4 Å². The molecule has 0 saturated carbocycles. The lowest BCUT2D eigenvalue weighted by atomic mass is 10.0. The van der Waals surface area contributed by atoms with E-state index < -0.39 is 6.04 Å². The summed E-state index contributed by atoms with van der Waals surface area (Å²) in [6, 6.07) is 22.8. The van der Waals surface area contributed by atoms with Gasteiger partial charge in [0.05, 0.1) is 6.42 Å². The molecule has 3 aromatic carbocycles. The highest BCUT2D eigenvalue weighted by molar-refractivity contribution is 6.30. The third-order valence-corrected chi connectivity index (χ3v) is 5.93. The fourth-order valence-electron chi connectivity index (χ4n) is 4.20. The number of hydrogen-bond donors (Lipinski definition) is 1. The van der Waals surface area contributed by atoms with Crippen LogP contribution in [0.5, 0.6) is 0 Å². The summed E-state index contributed by atoms with van der Waals surface area (Å²) in [6.45, 7) is 6.95. The quantitative estimate of drug-likeness (QED) is 0.410. The second-order valence-electron chi connectivity index (χ2n) is 8.82. The number of amides is 2. The zero-order chi connectivity index (χ0) is 24.5. The van der Waals surface area contributed by atoms with Gasteiger partial charge in [-0.15, -0.1) is 0 Å². The Kier molecular flexibility index (Phi) is 9.29. The van der Waals surface area contributed by atoms with Gasteiger partial charge in [0.15, 0.2) is 0 Å². The lowest BCUT2D eigenvalue weighted by molar-refractivity contribution is -0.140. The molecule has 34 heavy (non-hydrogen) atoms. The smallest absolute Gasteiger partial charge is 0.243 e. The minimum atomic E-state index is -0.633. The molecule has 0 bridgehead atoms. The first-order valence-corrected chi connectivity index (χ1v) is 12.2. The van der Waals surface area contributed by atoms with E-state index in [1.807, 2.05) is 87.5 Å². The van der Waals surface area contributed by atoms with Crippen molar-refractivity contribution < 1.29 is 9.59 Å². The van der Waals surface area contributed by atoms with E-state index >= 15 is 0 Å². The molecule has 4 nitrogen and oxygen atoms in total. The molecular weight excluding hydrogens is 444 g/mol. The van der Waals surface area contributed by atoms with Crippen molar-refractivity contribution in [1.29, 1.82) is 0 Å². The highest BCUT2D eigenvalue weighted by Gasteiger charge is 2.30. The van der Waals surface area contributed by atoms with E-state index in [1.54, 1.807) is 4.90 Å². The van der Waals surface area contributed by atoms with Crippen LogP contribution in [0.1, 0.15) is 41.2 Å². The molecule has 2 amide bonds. The fraction of sp³-hybridized carbons (Fsp3) is 0.310. The maximum atomic E-state index is 13.7. The first-order valence-electron chi connectivity index (χ1n) is 11.8. The third kappa shape index (κ3) is 7.46. The first-order chi connectivity index (χ1) is 16.4. The Bertz CT molecular complexity index is 1090. The van der Waals surface area contributed by atoms with Gasteiger partial charge >= 0.3 is 0 Å². The van der Waals surface area contributed by atoms with Gasteiger partial charge in [-0.3, -0.25) is 9.59 Å². The number of rotatable bonds is 10. The Hall–Kier alpha value is -3.11. The number of benzene rings is 3. The third-order valence-electron chi connectivity index (χ3n) is 5.70. The normalized spacial score (nSPS) is 11.6. The molecule has 0 aliphatic rings. The van der Waals surface area contributed by atoms with Crippen LogP contribution in [0.2, 0.25) is 5.02 Å². The van der Waals surface area contributed by atoms with Gasteiger partial charge in [-0.2, -0.15) is 0 Å². The molecule has 0 fully saturated rings. The molecule has 0 saturated heterocycles. The van der Waals surface area contributed by atoms with Crippen LogP contribution < -0.4 is 5.32 Å². The summed E-state index contributed by atoms with van der Waals surface area (Å²) in [5.74, 6) is -0.223. The van der Waals surface area contributed by atoms with E-state index in [4.69, 9.17) is 11.6 Å². The maximum Gasteiger partial charge on any atom is 0.243 e. The van der Waals surface area contributed by atoms with Gasteiger partial charge in [0.25, 0.3) is 0 Å².